The number of amides is 1. The zero-order valence-corrected chi connectivity index (χ0v) is 19.9. The average molecular weight is 497 g/mol. The first-order valence-electron chi connectivity index (χ1n) is 10.2. The fourth-order valence-corrected chi connectivity index (χ4v) is 3.40. The van der Waals surface area contributed by atoms with E-state index < -0.39 is 5.60 Å². The normalized spacial score (nSPS) is 16.0. The second-order valence-corrected chi connectivity index (χ2v) is 7.19. The first kappa shape index (κ1) is 26.4. The number of aliphatic hydroxyl groups is 1. The number of carbonyl (C=O) groups is 1. The number of halogens is 1. The number of nitrogens with one attached hydrogen (secondary N) is 2. The zero-order chi connectivity index (χ0) is 19.4. The van der Waals surface area contributed by atoms with Gasteiger partial charge in [-0.15, -0.1) is 24.0 Å². The molecule has 8 heteroatoms. The van der Waals surface area contributed by atoms with Crippen molar-refractivity contribution in [3.8, 4) is 0 Å². The molecular formula is C19H40IN5O2. The second-order valence-electron chi connectivity index (χ2n) is 7.19. The third-order valence-corrected chi connectivity index (χ3v) is 4.84. The van der Waals surface area contributed by atoms with E-state index in [1.807, 2.05) is 11.8 Å². The van der Waals surface area contributed by atoms with Gasteiger partial charge >= 0.3 is 0 Å². The molecule has 0 aromatic rings. The van der Waals surface area contributed by atoms with Crippen LogP contribution in [-0.4, -0.2) is 84.7 Å². The van der Waals surface area contributed by atoms with Crippen LogP contribution in [0.1, 0.15) is 53.4 Å². The Bertz CT molecular complexity index is 434. The van der Waals surface area contributed by atoms with Crippen LogP contribution in [0.5, 0.6) is 0 Å². The van der Waals surface area contributed by atoms with Crippen molar-refractivity contribution in [2.75, 3.05) is 52.4 Å². The highest BCUT2D eigenvalue weighted by molar-refractivity contribution is 14.0. The molecule has 1 saturated heterocycles. The minimum atomic E-state index is -0.700. The quantitative estimate of drug-likeness (QED) is 0.243. The molecule has 7 nitrogen and oxygen atoms in total. The highest BCUT2D eigenvalue weighted by Gasteiger charge is 2.24. The van der Waals surface area contributed by atoms with E-state index >= 15 is 0 Å². The van der Waals surface area contributed by atoms with E-state index in [2.05, 4.69) is 34.4 Å². The first-order chi connectivity index (χ1) is 12.4. The summed E-state index contributed by atoms with van der Waals surface area (Å²) in [6.07, 6.45) is 3.48. The molecule has 0 unspecified atom stereocenters. The minimum absolute atomic E-state index is 0. The highest BCUT2D eigenvalue weighted by Crippen LogP contribution is 2.19. The number of nitrogens with zero attached hydrogens (tertiary/aromatic N) is 3. The molecule has 1 rings (SSSR count). The van der Waals surface area contributed by atoms with Crippen molar-refractivity contribution in [2.24, 2.45) is 4.99 Å². The lowest BCUT2D eigenvalue weighted by Gasteiger charge is -2.34. The molecule has 0 aromatic carbocycles. The molecular weight excluding hydrogens is 457 g/mol. The number of carbonyl (C=O) groups excluding carboxylic acids is 1. The molecule has 1 amide bonds. The Morgan fingerprint density at radius 1 is 1.07 bits per heavy atom. The molecule has 1 aliphatic rings. The van der Waals surface area contributed by atoms with Crippen LogP contribution in [0.2, 0.25) is 0 Å². The van der Waals surface area contributed by atoms with Crippen LogP contribution in [0.15, 0.2) is 4.99 Å². The van der Waals surface area contributed by atoms with Crippen LogP contribution in [0.3, 0.4) is 0 Å². The molecule has 1 aliphatic heterocycles. The lowest BCUT2D eigenvalue weighted by Crippen LogP contribution is -2.50. The third kappa shape index (κ3) is 10.5. The number of piperazine rings is 1. The molecule has 1 fully saturated rings. The Balaban J connectivity index is 0.00000676. The van der Waals surface area contributed by atoms with E-state index in [1.54, 1.807) is 6.92 Å². The van der Waals surface area contributed by atoms with Crippen LogP contribution >= 0.6 is 24.0 Å². The van der Waals surface area contributed by atoms with Gasteiger partial charge in [0.2, 0.25) is 5.91 Å². The lowest BCUT2D eigenvalue weighted by molar-refractivity contribution is -0.130. The van der Waals surface area contributed by atoms with Gasteiger partial charge in [-0.25, -0.2) is 0 Å². The summed E-state index contributed by atoms with van der Waals surface area (Å²) in [5.41, 5.74) is -0.700. The molecule has 0 bridgehead atoms. The van der Waals surface area contributed by atoms with Gasteiger partial charge in [0.25, 0.3) is 0 Å². The first-order valence-corrected chi connectivity index (χ1v) is 10.2. The number of rotatable bonds is 10. The van der Waals surface area contributed by atoms with Crippen LogP contribution in [0, 0.1) is 0 Å². The van der Waals surface area contributed by atoms with Gasteiger partial charge in [0, 0.05) is 52.7 Å². The lowest BCUT2D eigenvalue weighted by atomic mass is 9.93. The Hall–Kier alpha value is -0.610. The Kier molecular flexibility index (Phi) is 14.1. The molecule has 27 heavy (non-hydrogen) atoms. The Morgan fingerprint density at radius 3 is 2.15 bits per heavy atom. The summed E-state index contributed by atoms with van der Waals surface area (Å²) in [5.74, 6) is 0.927. The van der Waals surface area contributed by atoms with Gasteiger partial charge in [0.1, 0.15) is 0 Å². The van der Waals surface area contributed by atoms with Crippen molar-refractivity contribution in [3.05, 3.63) is 0 Å². The summed E-state index contributed by atoms with van der Waals surface area (Å²) in [4.78, 5) is 20.3. The minimum Gasteiger partial charge on any atom is -0.388 e. The Labute approximate surface area is 182 Å². The molecule has 0 spiro atoms. The maximum absolute atomic E-state index is 11.4. The second kappa shape index (κ2) is 14.4. The van der Waals surface area contributed by atoms with Gasteiger partial charge in [-0.05, 0) is 19.8 Å². The molecule has 0 atom stereocenters. The van der Waals surface area contributed by atoms with Gasteiger partial charge in [0.05, 0.1) is 12.1 Å². The molecule has 1 heterocycles. The molecule has 160 valence electrons. The zero-order valence-electron chi connectivity index (χ0n) is 17.6. The maximum Gasteiger partial charge on any atom is 0.219 e. The van der Waals surface area contributed by atoms with Gasteiger partial charge < -0.3 is 20.6 Å². The molecule has 0 saturated carbocycles. The maximum atomic E-state index is 11.4. The summed E-state index contributed by atoms with van der Waals surface area (Å²) in [6, 6.07) is 0. The van der Waals surface area contributed by atoms with Crippen molar-refractivity contribution in [1.82, 2.24) is 20.4 Å². The fourth-order valence-electron chi connectivity index (χ4n) is 3.40. The van der Waals surface area contributed by atoms with Gasteiger partial charge in [-0.1, -0.05) is 26.7 Å². The van der Waals surface area contributed by atoms with E-state index in [-0.39, 0.29) is 29.9 Å². The fraction of sp³-hybridized carbons (Fsp3) is 0.895. The van der Waals surface area contributed by atoms with Crippen LogP contribution in [0.25, 0.3) is 0 Å². The monoisotopic (exact) mass is 497 g/mol. The van der Waals surface area contributed by atoms with Crippen molar-refractivity contribution in [3.63, 3.8) is 0 Å². The summed E-state index contributed by atoms with van der Waals surface area (Å²) in [5, 5.41) is 17.3. The highest BCUT2D eigenvalue weighted by atomic mass is 127. The predicted octanol–water partition coefficient (Wildman–Crippen LogP) is 1.65. The van der Waals surface area contributed by atoms with Gasteiger partial charge in [0.15, 0.2) is 5.96 Å². The smallest absolute Gasteiger partial charge is 0.219 e. The number of aliphatic imine (C=N–C) groups is 1. The largest absolute Gasteiger partial charge is 0.388 e. The SMILES string of the molecule is CCCC(O)(CCC)CN=C(NCC)NCCN1CCN(C(C)=O)CC1.I. The average Bonchev–Trinajstić information content (AvgIpc) is 2.60. The van der Waals surface area contributed by atoms with E-state index in [9.17, 15) is 9.90 Å². The van der Waals surface area contributed by atoms with Crippen LogP contribution in [-0.2, 0) is 4.79 Å². The van der Waals surface area contributed by atoms with Crippen molar-refractivity contribution >= 4 is 35.8 Å². The van der Waals surface area contributed by atoms with E-state index in [0.29, 0.717) is 6.54 Å². The van der Waals surface area contributed by atoms with Crippen molar-refractivity contribution in [2.45, 2.75) is 59.0 Å². The summed E-state index contributed by atoms with van der Waals surface area (Å²) < 4.78 is 0. The third-order valence-electron chi connectivity index (χ3n) is 4.84. The molecule has 0 radical (unpaired) electrons. The van der Waals surface area contributed by atoms with Crippen LogP contribution < -0.4 is 10.6 Å². The van der Waals surface area contributed by atoms with E-state index in [1.165, 1.54) is 0 Å². The van der Waals surface area contributed by atoms with Crippen LogP contribution in [0.4, 0.5) is 0 Å². The molecule has 0 aromatic heterocycles. The van der Waals surface area contributed by atoms with E-state index in [4.69, 9.17) is 0 Å². The number of hydrogen-bond acceptors (Lipinski definition) is 4. The van der Waals surface area contributed by atoms with Crippen molar-refractivity contribution < 1.29 is 9.90 Å². The van der Waals surface area contributed by atoms with Gasteiger partial charge in [-0.2, -0.15) is 0 Å². The molecule has 0 aliphatic carbocycles. The summed E-state index contributed by atoms with van der Waals surface area (Å²) in [7, 11) is 0. The number of guanidine groups is 1. The number of hydrogen-bond donors (Lipinski definition) is 3. The topological polar surface area (TPSA) is 80.2 Å². The van der Waals surface area contributed by atoms with Crippen molar-refractivity contribution in [1.29, 1.82) is 0 Å². The van der Waals surface area contributed by atoms with E-state index in [0.717, 1.165) is 77.5 Å². The Morgan fingerprint density at radius 2 is 1.67 bits per heavy atom. The standard InChI is InChI=1S/C19H39N5O2.HI/c1-5-8-19(26,9-6-2)16-22-18(20-7-3)21-10-11-23-12-14-24(15-13-23)17(4)25;/h26H,5-16H2,1-4H3,(H2,20,21,22);1H. The summed E-state index contributed by atoms with van der Waals surface area (Å²) in [6.45, 7) is 14.3. The predicted molar refractivity (Wildman–Crippen MR) is 123 cm³/mol. The van der Waals surface area contributed by atoms with Gasteiger partial charge in [-0.3, -0.25) is 14.7 Å². The summed E-state index contributed by atoms with van der Waals surface area (Å²) >= 11 is 0. The molecule has 3 N–H and O–H groups in total.